The van der Waals surface area contributed by atoms with Crippen LogP contribution >= 0.6 is 15.9 Å². The van der Waals surface area contributed by atoms with Gasteiger partial charge in [-0.1, -0.05) is 22.9 Å². The molecule has 0 aliphatic heterocycles. The highest BCUT2D eigenvalue weighted by Gasteiger charge is 2.11. The van der Waals surface area contributed by atoms with Crippen LogP contribution in [-0.4, -0.2) is 34.2 Å². The highest BCUT2D eigenvalue weighted by molar-refractivity contribution is 9.09. The van der Waals surface area contributed by atoms with Crippen LogP contribution in [0, 0.1) is 0 Å². The van der Waals surface area contributed by atoms with Gasteiger partial charge in [-0.05, 0) is 18.6 Å². The van der Waals surface area contributed by atoms with E-state index in [2.05, 4.69) is 27.8 Å². The predicted molar refractivity (Wildman–Crippen MR) is 64.2 cm³/mol. The van der Waals surface area contributed by atoms with E-state index in [1.807, 2.05) is 7.05 Å². The molecule has 0 radical (unpaired) electrons. The molecule has 1 atom stereocenters. The van der Waals surface area contributed by atoms with Crippen molar-refractivity contribution >= 4 is 21.8 Å². The summed E-state index contributed by atoms with van der Waals surface area (Å²) in [6.07, 6.45) is 4.22. The number of amides is 1. The highest BCUT2D eigenvalue weighted by Crippen LogP contribution is 2.06. The predicted octanol–water partition coefficient (Wildman–Crippen LogP) is 2.33. The van der Waals surface area contributed by atoms with Gasteiger partial charge in [-0.2, -0.15) is 0 Å². The molecule has 0 aromatic carbocycles. The summed E-state index contributed by atoms with van der Waals surface area (Å²) in [6.45, 7) is 2.83. The first-order valence-electron chi connectivity index (χ1n) is 4.91. The Morgan fingerprint density at radius 2 is 2.13 bits per heavy atom. The number of hydrogen-bond acceptors (Lipinski definition) is 2. The maximum absolute atomic E-state index is 11.8. The van der Waals surface area contributed by atoms with E-state index < -0.39 is 0 Å². The Morgan fingerprint density at radius 3 is 2.67 bits per heavy atom. The molecule has 1 aromatic heterocycles. The largest absolute Gasteiger partial charge is 0.342 e. The van der Waals surface area contributed by atoms with Crippen molar-refractivity contribution in [1.82, 2.24) is 9.88 Å². The molecule has 0 fully saturated rings. The number of hydrogen-bond donors (Lipinski definition) is 0. The van der Waals surface area contributed by atoms with Gasteiger partial charge in [-0.15, -0.1) is 0 Å². The Kier molecular flexibility index (Phi) is 4.75. The van der Waals surface area contributed by atoms with Crippen LogP contribution in [-0.2, 0) is 0 Å². The van der Waals surface area contributed by atoms with Gasteiger partial charge in [0.25, 0.3) is 5.91 Å². The molecule has 0 saturated heterocycles. The minimum absolute atomic E-state index is 0.0468. The fourth-order valence-electron chi connectivity index (χ4n) is 1.19. The van der Waals surface area contributed by atoms with Gasteiger partial charge >= 0.3 is 0 Å². The molecule has 0 saturated carbocycles. The fraction of sp³-hybridized carbons (Fsp3) is 0.455. The fourth-order valence-corrected chi connectivity index (χ4v) is 1.39. The summed E-state index contributed by atoms with van der Waals surface area (Å²) < 4.78 is 0. The molecule has 1 aromatic rings. The van der Waals surface area contributed by atoms with E-state index in [1.165, 1.54) is 0 Å². The molecule has 1 heterocycles. The lowest BCUT2D eigenvalue weighted by atomic mass is 10.2. The highest BCUT2D eigenvalue weighted by atomic mass is 79.9. The van der Waals surface area contributed by atoms with Crippen LogP contribution in [0.5, 0.6) is 0 Å². The molecule has 3 nitrogen and oxygen atoms in total. The Balaban J connectivity index is 2.54. The van der Waals surface area contributed by atoms with Crippen molar-refractivity contribution < 1.29 is 4.79 Å². The number of carbonyl (C=O) groups is 1. The smallest absolute Gasteiger partial charge is 0.253 e. The van der Waals surface area contributed by atoms with E-state index in [0.717, 1.165) is 13.0 Å². The average Bonchev–Trinajstić information content (AvgIpc) is 2.26. The standard InChI is InChI=1S/C11H15BrN2O/c1-9(12)5-8-14(2)11(15)10-3-6-13-7-4-10/h3-4,6-7,9H,5,8H2,1-2H3. The molecule has 0 spiro atoms. The Bertz CT molecular complexity index is 314. The SMILES string of the molecule is CC(Br)CCN(C)C(=O)c1ccncc1. The third kappa shape index (κ3) is 4.00. The number of halogens is 1. The number of nitrogens with zero attached hydrogens (tertiary/aromatic N) is 2. The molecule has 0 aliphatic carbocycles. The summed E-state index contributed by atoms with van der Waals surface area (Å²) in [5.41, 5.74) is 0.690. The quantitative estimate of drug-likeness (QED) is 0.787. The van der Waals surface area contributed by atoms with Gasteiger partial charge in [0.2, 0.25) is 0 Å². The third-order valence-corrected chi connectivity index (χ3v) is 2.59. The molecule has 0 aliphatic rings. The minimum atomic E-state index is 0.0468. The minimum Gasteiger partial charge on any atom is -0.342 e. The monoisotopic (exact) mass is 270 g/mol. The summed E-state index contributed by atoms with van der Waals surface area (Å²) >= 11 is 3.46. The zero-order valence-electron chi connectivity index (χ0n) is 8.98. The summed E-state index contributed by atoms with van der Waals surface area (Å²) in [5, 5.41) is 0. The van der Waals surface area contributed by atoms with Gasteiger partial charge in [0.1, 0.15) is 0 Å². The van der Waals surface area contributed by atoms with Crippen molar-refractivity contribution in [2.24, 2.45) is 0 Å². The van der Waals surface area contributed by atoms with Gasteiger partial charge in [0.15, 0.2) is 0 Å². The molecule has 82 valence electrons. The first-order valence-corrected chi connectivity index (χ1v) is 5.82. The van der Waals surface area contributed by atoms with Gasteiger partial charge in [0, 0.05) is 36.4 Å². The van der Waals surface area contributed by atoms with Crippen LogP contribution in [0.4, 0.5) is 0 Å². The number of alkyl halides is 1. The van der Waals surface area contributed by atoms with Crippen LogP contribution in [0.15, 0.2) is 24.5 Å². The molecule has 1 unspecified atom stereocenters. The van der Waals surface area contributed by atoms with Crippen molar-refractivity contribution in [1.29, 1.82) is 0 Å². The molecular weight excluding hydrogens is 256 g/mol. The molecule has 1 rings (SSSR count). The maximum atomic E-state index is 11.8. The summed E-state index contributed by atoms with van der Waals surface area (Å²) in [5.74, 6) is 0.0468. The van der Waals surface area contributed by atoms with Crippen LogP contribution < -0.4 is 0 Å². The van der Waals surface area contributed by atoms with Crippen LogP contribution in [0.25, 0.3) is 0 Å². The van der Waals surface area contributed by atoms with Crippen molar-refractivity contribution in [3.63, 3.8) is 0 Å². The van der Waals surface area contributed by atoms with Crippen LogP contribution in [0.1, 0.15) is 23.7 Å². The van der Waals surface area contributed by atoms with E-state index in [1.54, 1.807) is 29.4 Å². The lowest BCUT2D eigenvalue weighted by Crippen LogP contribution is -2.28. The van der Waals surface area contributed by atoms with Crippen molar-refractivity contribution in [2.75, 3.05) is 13.6 Å². The second-order valence-corrected chi connectivity index (χ2v) is 5.10. The molecule has 4 heteroatoms. The zero-order valence-corrected chi connectivity index (χ0v) is 10.6. The third-order valence-electron chi connectivity index (χ3n) is 2.14. The van der Waals surface area contributed by atoms with Gasteiger partial charge in [0.05, 0.1) is 0 Å². The lowest BCUT2D eigenvalue weighted by Gasteiger charge is -2.17. The number of pyridine rings is 1. The molecule has 0 bridgehead atoms. The second kappa shape index (κ2) is 5.85. The average molecular weight is 271 g/mol. The lowest BCUT2D eigenvalue weighted by molar-refractivity contribution is 0.0794. The molecule has 0 N–H and O–H groups in total. The molecular formula is C11H15BrN2O. The van der Waals surface area contributed by atoms with Crippen molar-refractivity contribution in [3.8, 4) is 0 Å². The summed E-state index contributed by atoms with van der Waals surface area (Å²) in [6, 6.07) is 3.47. The first-order chi connectivity index (χ1) is 7.11. The Hall–Kier alpha value is -0.900. The van der Waals surface area contributed by atoms with E-state index in [9.17, 15) is 4.79 Å². The normalized spacial score (nSPS) is 12.2. The number of rotatable bonds is 4. The molecule has 1 amide bonds. The van der Waals surface area contributed by atoms with Gasteiger partial charge in [-0.3, -0.25) is 9.78 Å². The Morgan fingerprint density at radius 1 is 1.53 bits per heavy atom. The number of carbonyl (C=O) groups excluding carboxylic acids is 1. The Labute approximate surface area is 98.6 Å². The second-order valence-electron chi connectivity index (χ2n) is 3.53. The van der Waals surface area contributed by atoms with Gasteiger partial charge < -0.3 is 4.90 Å². The van der Waals surface area contributed by atoms with Gasteiger partial charge in [-0.25, -0.2) is 0 Å². The topological polar surface area (TPSA) is 33.2 Å². The summed E-state index contributed by atoms with van der Waals surface area (Å²) in [7, 11) is 1.82. The van der Waals surface area contributed by atoms with Crippen LogP contribution in [0.3, 0.4) is 0 Å². The first kappa shape index (κ1) is 12.2. The van der Waals surface area contributed by atoms with E-state index >= 15 is 0 Å². The van der Waals surface area contributed by atoms with Crippen molar-refractivity contribution in [2.45, 2.75) is 18.2 Å². The van der Waals surface area contributed by atoms with E-state index in [4.69, 9.17) is 0 Å². The number of aromatic nitrogens is 1. The van der Waals surface area contributed by atoms with E-state index in [-0.39, 0.29) is 5.91 Å². The summed E-state index contributed by atoms with van der Waals surface area (Å²) in [4.78, 5) is 17.9. The molecule has 15 heavy (non-hydrogen) atoms. The maximum Gasteiger partial charge on any atom is 0.253 e. The van der Waals surface area contributed by atoms with E-state index in [0.29, 0.717) is 10.4 Å². The zero-order chi connectivity index (χ0) is 11.3. The van der Waals surface area contributed by atoms with Crippen LogP contribution in [0.2, 0.25) is 0 Å². The van der Waals surface area contributed by atoms with Crippen molar-refractivity contribution in [3.05, 3.63) is 30.1 Å².